The SMILES string of the molecule is C#CCN(c1ccccc1)c1oc2ccccc2c(=O)c1C=O. The Balaban J connectivity index is 2.30. The lowest BCUT2D eigenvalue weighted by molar-refractivity contribution is 0.112. The molecule has 2 aromatic carbocycles. The van der Waals surface area contributed by atoms with Crippen molar-refractivity contribution < 1.29 is 9.21 Å². The van der Waals surface area contributed by atoms with E-state index in [0.717, 1.165) is 5.69 Å². The van der Waals surface area contributed by atoms with E-state index in [1.807, 2.05) is 30.3 Å². The van der Waals surface area contributed by atoms with Crippen LogP contribution in [0.1, 0.15) is 10.4 Å². The molecule has 0 amide bonds. The Bertz CT molecular complexity index is 952. The van der Waals surface area contributed by atoms with Crippen LogP contribution < -0.4 is 10.3 Å². The molecule has 0 spiro atoms. The van der Waals surface area contributed by atoms with Crippen LogP contribution in [0.5, 0.6) is 0 Å². The topological polar surface area (TPSA) is 50.5 Å². The van der Waals surface area contributed by atoms with Crippen molar-refractivity contribution in [1.82, 2.24) is 0 Å². The minimum Gasteiger partial charge on any atom is -0.439 e. The van der Waals surface area contributed by atoms with Gasteiger partial charge in [-0.2, -0.15) is 0 Å². The number of carbonyl (C=O) groups excluding carboxylic acids is 1. The van der Waals surface area contributed by atoms with Gasteiger partial charge in [-0.15, -0.1) is 6.42 Å². The van der Waals surface area contributed by atoms with Crippen LogP contribution >= 0.6 is 0 Å². The Kier molecular flexibility index (Phi) is 3.94. The van der Waals surface area contributed by atoms with Crippen molar-refractivity contribution in [3.05, 3.63) is 70.4 Å². The van der Waals surface area contributed by atoms with E-state index in [1.165, 1.54) is 0 Å². The standard InChI is InChI=1S/C19H13NO3/c1-2-12-20(14-8-4-3-5-9-14)19-16(13-21)18(22)15-10-6-7-11-17(15)23-19/h1,3-11,13H,12H2. The average Bonchev–Trinajstić information content (AvgIpc) is 2.60. The third-order valence-corrected chi connectivity index (χ3v) is 3.49. The van der Waals surface area contributed by atoms with Gasteiger partial charge in [-0.1, -0.05) is 36.3 Å². The summed E-state index contributed by atoms with van der Waals surface area (Å²) in [6.45, 7) is 0.173. The lowest BCUT2D eigenvalue weighted by Gasteiger charge is -2.22. The first kappa shape index (κ1) is 14.6. The number of nitrogens with zero attached hydrogens (tertiary/aromatic N) is 1. The predicted octanol–water partition coefficient (Wildman–Crippen LogP) is 3.38. The summed E-state index contributed by atoms with van der Waals surface area (Å²) in [6, 6.07) is 16.0. The zero-order chi connectivity index (χ0) is 16.2. The predicted molar refractivity (Wildman–Crippen MR) is 90.2 cm³/mol. The van der Waals surface area contributed by atoms with Crippen LogP contribution in [0.15, 0.2) is 63.8 Å². The molecule has 4 heteroatoms. The van der Waals surface area contributed by atoms with Gasteiger partial charge in [0.2, 0.25) is 11.3 Å². The Labute approximate surface area is 133 Å². The van der Waals surface area contributed by atoms with Crippen molar-refractivity contribution in [3.63, 3.8) is 0 Å². The molecular formula is C19H13NO3. The van der Waals surface area contributed by atoms with Crippen LogP contribution in [0.25, 0.3) is 11.0 Å². The van der Waals surface area contributed by atoms with Gasteiger partial charge >= 0.3 is 0 Å². The minimum atomic E-state index is -0.366. The van der Waals surface area contributed by atoms with Crippen molar-refractivity contribution in [2.75, 3.05) is 11.4 Å². The number of benzene rings is 2. The van der Waals surface area contributed by atoms with Crippen molar-refractivity contribution in [2.24, 2.45) is 0 Å². The maximum atomic E-state index is 12.6. The molecule has 0 radical (unpaired) electrons. The molecular weight excluding hydrogens is 290 g/mol. The Morgan fingerprint density at radius 3 is 2.48 bits per heavy atom. The minimum absolute atomic E-state index is 0.0391. The van der Waals surface area contributed by atoms with Crippen molar-refractivity contribution >= 4 is 28.8 Å². The first-order valence-electron chi connectivity index (χ1n) is 7.03. The third-order valence-electron chi connectivity index (χ3n) is 3.49. The summed E-state index contributed by atoms with van der Waals surface area (Å²) < 4.78 is 5.83. The smallest absolute Gasteiger partial charge is 0.215 e. The zero-order valence-corrected chi connectivity index (χ0v) is 12.2. The van der Waals surface area contributed by atoms with Crippen LogP contribution in [0, 0.1) is 12.3 Å². The van der Waals surface area contributed by atoms with Crippen LogP contribution in [0.2, 0.25) is 0 Å². The highest BCUT2D eigenvalue weighted by molar-refractivity contribution is 5.91. The van der Waals surface area contributed by atoms with Crippen molar-refractivity contribution in [2.45, 2.75) is 0 Å². The highest BCUT2D eigenvalue weighted by Gasteiger charge is 2.20. The lowest BCUT2D eigenvalue weighted by atomic mass is 10.1. The molecule has 23 heavy (non-hydrogen) atoms. The van der Waals surface area contributed by atoms with E-state index in [4.69, 9.17) is 10.8 Å². The summed E-state index contributed by atoms with van der Waals surface area (Å²) in [6.07, 6.45) is 5.96. The van der Waals surface area contributed by atoms with Crippen LogP contribution in [0.3, 0.4) is 0 Å². The molecule has 0 aliphatic rings. The van der Waals surface area contributed by atoms with E-state index < -0.39 is 0 Å². The summed E-state index contributed by atoms with van der Waals surface area (Å²) in [5.74, 6) is 2.69. The Morgan fingerprint density at radius 2 is 1.78 bits per heavy atom. The molecule has 0 aliphatic heterocycles. The second-order valence-corrected chi connectivity index (χ2v) is 4.89. The van der Waals surface area contributed by atoms with Crippen LogP contribution in [-0.4, -0.2) is 12.8 Å². The summed E-state index contributed by atoms with van der Waals surface area (Å²) in [5, 5.41) is 0.368. The molecule has 3 rings (SSSR count). The second kappa shape index (κ2) is 6.20. The normalized spacial score (nSPS) is 10.2. The van der Waals surface area contributed by atoms with Crippen LogP contribution in [0.4, 0.5) is 11.6 Å². The molecule has 0 bridgehead atoms. The largest absolute Gasteiger partial charge is 0.439 e. The van der Waals surface area contributed by atoms with E-state index in [-0.39, 0.29) is 23.4 Å². The number of para-hydroxylation sites is 2. The van der Waals surface area contributed by atoms with Gasteiger partial charge < -0.3 is 9.32 Å². The fourth-order valence-corrected chi connectivity index (χ4v) is 2.43. The average molecular weight is 303 g/mol. The Morgan fingerprint density at radius 1 is 1.09 bits per heavy atom. The molecule has 0 saturated heterocycles. The fraction of sp³-hybridized carbons (Fsp3) is 0.0526. The van der Waals surface area contributed by atoms with E-state index in [0.29, 0.717) is 17.3 Å². The maximum Gasteiger partial charge on any atom is 0.215 e. The molecule has 0 atom stereocenters. The number of hydrogen-bond acceptors (Lipinski definition) is 4. The summed E-state index contributed by atoms with van der Waals surface area (Å²) in [5.41, 5.74) is 0.751. The molecule has 0 saturated carbocycles. The van der Waals surface area contributed by atoms with Gasteiger partial charge in [-0.05, 0) is 24.3 Å². The van der Waals surface area contributed by atoms with E-state index in [1.54, 1.807) is 29.2 Å². The molecule has 0 aliphatic carbocycles. The quantitative estimate of drug-likeness (QED) is 0.547. The monoisotopic (exact) mass is 303 g/mol. The van der Waals surface area contributed by atoms with Crippen molar-refractivity contribution in [3.8, 4) is 12.3 Å². The molecule has 4 nitrogen and oxygen atoms in total. The van der Waals surface area contributed by atoms with Gasteiger partial charge in [0, 0.05) is 5.69 Å². The molecule has 0 fully saturated rings. The number of fused-ring (bicyclic) bond motifs is 1. The van der Waals surface area contributed by atoms with Gasteiger partial charge in [-0.3, -0.25) is 9.59 Å². The van der Waals surface area contributed by atoms with Gasteiger partial charge in [0.25, 0.3) is 0 Å². The number of carbonyl (C=O) groups is 1. The summed E-state index contributed by atoms with van der Waals surface area (Å²) in [4.78, 5) is 25.7. The molecule has 0 unspecified atom stereocenters. The first-order chi connectivity index (χ1) is 11.3. The Hall–Kier alpha value is -3.32. The summed E-state index contributed by atoms with van der Waals surface area (Å²) in [7, 11) is 0. The third kappa shape index (κ3) is 2.60. The molecule has 0 N–H and O–H groups in total. The van der Waals surface area contributed by atoms with Gasteiger partial charge in [0.05, 0.1) is 11.9 Å². The lowest BCUT2D eigenvalue weighted by Crippen LogP contribution is -2.22. The van der Waals surface area contributed by atoms with Crippen LogP contribution in [-0.2, 0) is 0 Å². The number of rotatable bonds is 4. The fourth-order valence-electron chi connectivity index (χ4n) is 2.43. The maximum absolute atomic E-state index is 12.6. The molecule has 1 heterocycles. The first-order valence-corrected chi connectivity index (χ1v) is 7.03. The van der Waals surface area contributed by atoms with Gasteiger partial charge in [0.1, 0.15) is 11.1 Å². The molecule has 1 aromatic heterocycles. The van der Waals surface area contributed by atoms with E-state index in [2.05, 4.69) is 5.92 Å². The molecule has 3 aromatic rings. The number of aldehydes is 1. The second-order valence-electron chi connectivity index (χ2n) is 4.89. The van der Waals surface area contributed by atoms with E-state index in [9.17, 15) is 9.59 Å². The summed E-state index contributed by atoms with van der Waals surface area (Å²) >= 11 is 0. The number of anilines is 2. The molecule has 112 valence electrons. The van der Waals surface area contributed by atoms with Crippen molar-refractivity contribution in [1.29, 1.82) is 0 Å². The van der Waals surface area contributed by atoms with Gasteiger partial charge in [0.15, 0.2) is 6.29 Å². The highest BCUT2D eigenvalue weighted by Crippen LogP contribution is 2.28. The number of hydrogen-bond donors (Lipinski definition) is 0. The number of terminal acetylenes is 1. The zero-order valence-electron chi connectivity index (χ0n) is 12.2. The van der Waals surface area contributed by atoms with E-state index >= 15 is 0 Å². The van der Waals surface area contributed by atoms with Gasteiger partial charge in [-0.25, -0.2) is 0 Å². The highest BCUT2D eigenvalue weighted by atomic mass is 16.4.